The lowest BCUT2D eigenvalue weighted by molar-refractivity contribution is 0.0949. The van der Waals surface area contributed by atoms with Crippen molar-refractivity contribution in [3.05, 3.63) is 56.7 Å². The first-order valence-corrected chi connectivity index (χ1v) is 7.17. The number of aromatic hydroxyl groups is 1. The number of amides is 1. The molecule has 20 heavy (non-hydrogen) atoms. The number of halogens is 1. The van der Waals surface area contributed by atoms with Gasteiger partial charge in [-0.05, 0) is 59.3 Å². The van der Waals surface area contributed by atoms with E-state index < -0.39 is 0 Å². The van der Waals surface area contributed by atoms with Gasteiger partial charge in [-0.2, -0.15) is 0 Å². The number of anilines is 1. The highest BCUT2D eigenvalue weighted by Crippen LogP contribution is 2.20. The summed E-state index contributed by atoms with van der Waals surface area (Å²) in [6, 6.07) is 10.4. The smallest absolute Gasteiger partial charge is 0.252 e. The normalized spacial score (nSPS) is 10.3. The molecule has 2 aromatic rings. The second-order valence-corrected chi connectivity index (χ2v) is 5.59. The Labute approximate surface area is 131 Å². The fourth-order valence-electron chi connectivity index (χ4n) is 1.84. The molecule has 0 saturated heterocycles. The standard InChI is InChI=1S/C15H15IN2O2/c1-9-3-2-4-12(14(9)16)15(20)18-8-10-7-11(17)5-6-13(10)19/h2-7,19H,8,17H2,1H3,(H,18,20). The van der Waals surface area contributed by atoms with Crippen LogP contribution in [0, 0.1) is 10.5 Å². The predicted molar refractivity (Wildman–Crippen MR) is 87.6 cm³/mol. The van der Waals surface area contributed by atoms with E-state index in [0.717, 1.165) is 9.13 Å². The van der Waals surface area contributed by atoms with Crippen LogP contribution in [0.2, 0.25) is 0 Å². The molecule has 4 nitrogen and oxygen atoms in total. The molecule has 2 rings (SSSR count). The third-order valence-electron chi connectivity index (χ3n) is 2.98. The van der Waals surface area contributed by atoms with E-state index >= 15 is 0 Å². The number of phenols is 1. The van der Waals surface area contributed by atoms with Gasteiger partial charge in [-0.15, -0.1) is 0 Å². The molecule has 0 atom stereocenters. The Balaban J connectivity index is 2.13. The third-order valence-corrected chi connectivity index (χ3v) is 4.41. The van der Waals surface area contributed by atoms with Gasteiger partial charge in [0.2, 0.25) is 0 Å². The van der Waals surface area contributed by atoms with Crippen molar-refractivity contribution in [1.82, 2.24) is 5.32 Å². The first-order chi connectivity index (χ1) is 9.49. The van der Waals surface area contributed by atoms with E-state index in [1.807, 2.05) is 19.1 Å². The summed E-state index contributed by atoms with van der Waals surface area (Å²) in [4.78, 5) is 12.2. The Morgan fingerprint density at radius 1 is 1.35 bits per heavy atom. The number of carbonyl (C=O) groups excluding carboxylic acids is 1. The first-order valence-electron chi connectivity index (χ1n) is 6.09. The average molecular weight is 382 g/mol. The van der Waals surface area contributed by atoms with E-state index in [1.165, 1.54) is 6.07 Å². The van der Waals surface area contributed by atoms with Gasteiger partial charge in [0.05, 0.1) is 5.56 Å². The number of phenolic OH excluding ortho intramolecular Hbond substituents is 1. The van der Waals surface area contributed by atoms with Gasteiger partial charge >= 0.3 is 0 Å². The summed E-state index contributed by atoms with van der Waals surface area (Å²) in [7, 11) is 0. The van der Waals surface area contributed by atoms with Gasteiger partial charge in [-0.3, -0.25) is 4.79 Å². The van der Waals surface area contributed by atoms with E-state index in [1.54, 1.807) is 18.2 Å². The highest BCUT2D eigenvalue weighted by Gasteiger charge is 2.11. The Hall–Kier alpha value is -1.76. The molecule has 4 N–H and O–H groups in total. The molecule has 0 unspecified atom stereocenters. The summed E-state index contributed by atoms with van der Waals surface area (Å²) in [5.41, 5.74) is 8.51. The Morgan fingerprint density at radius 3 is 2.85 bits per heavy atom. The minimum Gasteiger partial charge on any atom is -0.508 e. The molecule has 0 spiro atoms. The van der Waals surface area contributed by atoms with Gasteiger partial charge < -0.3 is 16.2 Å². The van der Waals surface area contributed by atoms with Crippen molar-refractivity contribution in [1.29, 1.82) is 0 Å². The lowest BCUT2D eigenvalue weighted by Crippen LogP contribution is -2.24. The van der Waals surface area contributed by atoms with Gasteiger partial charge in [0.25, 0.3) is 5.91 Å². The van der Waals surface area contributed by atoms with Crippen LogP contribution in [0.15, 0.2) is 36.4 Å². The molecule has 104 valence electrons. The van der Waals surface area contributed by atoms with Crippen LogP contribution in [0.3, 0.4) is 0 Å². The van der Waals surface area contributed by atoms with Gasteiger partial charge in [0.1, 0.15) is 5.75 Å². The second kappa shape index (κ2) is 6.13. The molecule has 0 fully saturated rings. The largest absolute Gasteiger partial charge is 0.508 e. The molecule has 0 aromatic heterocycles. The van der Waals surface area contributed by atoms with Gasteiger partial charge in [-0.1, -0.05) is 12.1 Å². The fraction of sp³-hybridized carbons (Fsp3) is 0.133. The van der Waals surface area contributed by atoms with E-state index in [0.29, 0.717) is 16.8 Å². The minimum absolute atomic E-state index is 0.124. The highest BCUT2D eigenvalue weighted by molar-refractivity contribution is 14.1. The molecule has 0 bridgehead atoms. The Bertz CT molecular complexity index is 656. The average Bonchev–Trinajstić information content (AvgIpc) is 2.42. The molecular weight excluding hydrogens is 367 g/mol. The van der Waals surface area contributed by atoms with Crippen LogP contribution in [0.5, 0.6) is 5.75 Å². The summed E-state index contributed by atoms with van der Waals surface area (Å²) in [6.45, 7) is 2.20. The van der Waals surface area contributed by atoms with E-state index in [4.69, 9.17) is 5.73 Å². The minimum atomic E-state index is -0.167. The molecular formula is C15H15IN2O2. The number of nitrogens with two attached hydrogens (primary N) is 1. The van der Waals surface area contributed by atoms with E-state index in [-0.39, 0.29) is 18.2 Å². The number of nitrogens with one attached hydrogen (secondary N) is 1. The van der Waals surface area contributed by atoms with Crippen LogP contribution in [0.25, 0.3) is 0 Å². The third kappa shape index (κ3) is 3.22. The maximum Gasteiger partial charge on any atom is 0.252 e. The van der Waals surface area contributed by atoms with Gasteiger partial charge in [0.15, 0.2) is 0 Å². The molecule has 0 saturated carbocycles. The van der Waals surface area contributed by atoms with Crippen LogP contribution >= 0.6 is 22.6 Å². The van der Waals surface area contributed by atoms with Crippen molar-refractivity contribution in [3.63, 3.8) is 0 Å². The summed E-state index contributed by atoms with van der Waals surface area (Å²) in [5, 5.41) is 12.5. The number of hydrogen-bond donors (Lipinski definition) is 3. The fourth-order valence-corrected chi connectivity index (χ4v) is 2.45. The summed E-state index contributed by atoms with van der Waals surface area (Å²) in [5.74, 6) is -0.0432. The van der Waals surface area contributed by atoms with Crippen molar-refractivity contribution in [2.24, 2.45) is 0 Å². The molecule has 0 aliphatic carbocycles. The van der Waals surface area contributed by atoms with Crippen LogP contribution in [0.4, 0.5) is 5.69 Å². The highest BCUT2D eigenvalue weighted by atomic mass is 127. The summed E-state index contributed by atoms with van der Waals surface area (Å²) < 4.78 is 0.930. The quantitative estimate of drug-likeness (QED) is 0.434. The zero-order valence-corrected chi connectivity index (χ0v) is 13.1. The van der Waals surface area contributed by atoms with Crippen molar-refractivity contribution in [2.45, 2.75) is 13.5 Å². The number of benzene rings is 2. The Morgan fingerprint density at radius 2 is 2.10 bits per heavy atom. The molecule has 2 aromatic carbocycles. The Kier molecular flexibility index (Phi) is 4.49. The van der Waals surface area contributed by atoms with Gasteiger partial charge in [0, 0.05) is 21.4 Å². The summed E-state index contributed by atoms with van der Waals surface area (Å²) >= 11 is 2.16. The van der Waals surface area contributed by atoms with Crippen LogP contribution in [-0.4, -0.2) is 11.0 Å². The predicted octanol–water partition coefficient (Wildman–Crippen LogP) is 2.82. The van der Waals surface area contributed by atoms with Crippen LogP contribution in [-0.2, 0) is 6.54 Å². The zero-order valence-electron chi connectivity index (χ0n) is 11.0. The van der Waals surface area contributed by atoms with Gasteiger partial charge in [-0.25, -0.2) is 0 Å². The maximum absolute atomic E-state index is 12.2. The second-order valence-electron chi connectivity index (χ2n) is 4.51. The lowest BCUT2D eigenvalue weighted by Gasteiger charge is -2.10. The zero-order chi connectivity index (χ0) is 14.7. The monoisotopic (exact) mass is 382 g/mol. The van der Waals surface area contributed by atoms with Crippen molar-refractivity contribution in [3.8, 4) is 5.75 Å². The van der Waals surface area contributed by atoms with Crippen molar-refractivity contribution in [2.75, 3.05) is 5.73 Å². The SMILES string of the molecule is Cc1cccc(C(=O)NCc2cc(N)ccc2O)c1I. The number of rotatable bonds is 3. The lowest BCUT2D eigenvalue weighted by atomic mass is 10.1. The number of aryl methyl sites for hydroxylation is 1. The number of nitrogen functional groups attached to an aromatic ring is 1. The first kappa shape index (κ1) is 14.6. The topological polar surface area (TPSA) is 75.4 Å². The van der Waals surface area contributed by atoms with E-state index in [2.05, 4.69) is 27.9 Å². The van der Waals surface area contributed by atoms with Crippen LogP contribution < -0.4 is 11.1 Å². The molecule has 0 heterocycles. The van der Waals surface area contributed by atoms with Crippen molar-refractivity contribution < 1.29 is 9.90 Å². The van der Waals surface area contributed by atoms with Crippen molar-refractivity contribution >= 4 is 34.2 Å². The molecule has 1 amide bonds. The molecule has 0 aliphatic heterocycles. The molecule has 0 aliphatic rings. The summed E-state index contributed by atoms with van der Waals surface area (Å²) in [6.07, 6.45) is 0. The maximum atomic E-state index is 12.2. The molecule has 5 heteroatoms. The van der Waals surface area contributed by atoms with E-state index in [9.17, 15) is 9.90 Å². The number of carbonyl (C=O) groups is 1. The van der Waals surface area contributed by atoms with Crippen LogP contribution in [0.1, 0.15) is 21.5 Å². The number of hydrogen-bond acceptors (Lipinski definition) is 3. The molecule has 0 radical (unpaired) electrons.